The Morgan fingerprint density at radius 1 is 1.32 bits per heavy atom. The summed E-state index contributed by atoms with van der Waals surface area (Å²) < 4.78 is 31.8. The minimum absolute atomic E-state index is 0.0425. The molecular weight excluding hydrogens is 248 g/mol. The van der Waals surface area contributed by atoms with Gasteiger partial charge in [0.05, 0.1) is 6.10 Å². The fraction of sp³-hybridized carbons (Fsp3) is 0.600. The average molecular weight is 269 g/mol. The predicted octanol–water partition coefficient (Wildman–Crippen LogP) is 3.97. The van der Waals surface area contributed by atoms with E-state index in [0.717, 1.165) is 18.9 Å². The summed E-state index contributed by atoms with van der Waals surface area (Å²) in [5.41, 5.74) is 0.666. The smallest absolute Gasteiger partial charge is 0.160 e. The second-order valence-electron chi connectivity index (χ2n) is 5.36. The zero-order chi connectivity index (χ0) is 14.0. The van der Waals surface area contributed by atoms with Crippen LogP contribution in [-0.2, 0) is 4.74 Å². The maximum Gasteiger partial charge on any atom is 0.160 e. The van der Waals surface area contributed by atoms with Gasteiger partial charge in [-0.05, 0) is 31.9 Å². The molecule has 19 heavy (non-hydrogen) atoms. The van der Waals surface area contributed by atoms with Crippen LogP contribution in [-0.4, -0.2) is 18.8 Å². The summed E-state index contributed by atoms with van der Waals surface area (Å²) in [6.45, 7) is 7.00. The van der Waals surface area contributed by atoms with Crippen LogP contribution in [0.3, 0.4) is 0 Å². The Kier molecular flexibility index (Phi) is 4.09. The SMILES string of the molecule is CCOC1CC(Nc2ccc(F)c(F)c2)C1(C)CC. The number of hydrogen-bond acceptors (Lipinski definition) is 2. The maximum atomic E-state index is 13.2. The topological polar surface area (TPSA) is 21.3 Å². The molecule has 0 aromatic heterocycles. The summed E-state index contributed by atoms with van der Waals surface area (Å²) >= 11 is 0. The van der Waals surface area contributed by atoms with E-state index in [9.17, 15) is 8.78 Å². The number of rotatable bonds is 5. The largest absolute Gasteiger partial charge is 0.381 e. The lowest BCUT2D eigenvalue weighted by Crippen LogP contribution is -2.59. The summed E-state index contributed by atoms with van der Waals surface area (Å²) in [5, 5.41) is 3.29. The van der Waals surface area contributed by atoms with Gasteiger partial charge in [0.15, 0.2) is 11.6 Å². The van der Waals surface area contributed by atoms with E-state index in [1.165, 1.54) is 6.07 Å². The average Bonchev–Trinajstić information content (AvgIpc) is 2.40. The highest BCUT2D eigenvalue weighted by atomic mass is 19.2. The van der Waals surface area contributed by atoms with E-state index in [0.29, 0.717) is 12.3 Å². The number of nitrogens with one attached hydrogen (secondary N) is 1. The van der Waals surface area contributed by atoms with Crippen molar-refractivity contribution in [2.24, 2.45) is 5.41 Å². The lowest BCUT2D eigenvalue weighted by atomic mass is 9.61. The van der Waals surface area contributed by atoms with Crippen LogP contribution in [0.15, 0.2) is 18.2 Å². The van der Waals surface area contributed by atoms with E-state index in [1.54, 1.807) is 6.07 Å². The Labute approximate surface area is 113 Å². The van der Waals surface area contributed by atoms with Crippen LogP contribution < -0.4 is 5.32 Å². The molecule has 0 radical (unpaired) electrons. The monoisotopic (exact) mass is 269 g/mol. The lowest BCUT2D eigenvalue weighted by Gasteiger charge is -2.53. The van der Waals surface area contributed by atoms with Gasteiger partial charge in [-0.25, -0.2) is 8.78 Å². The molecule has 0 aliphatic heterocycles. The van der Waals surface area contributed by atoms with Crippen molar-refractivity contribution < 1.29 is 13.5 Å². The third-order valence-corrected chi connectivity index (χ3v) is 4.37. The highest BCUT2D eigenvalue weighted by Crippen LogP contribution is 2.47. The fourth-order valence-electron chi connectivity index (χ4n) is 2.76. The van der Waals surface area contributed by atoms with Crippen LogP contribution in [0.2, 0.25) is 0 Å². The summed E-state index contributed by atoms with van der Waals surface area (Å²) in [6.07, 6.45) is 2.13. The van der Waals surface area contributed by atoms with Gasteiger partial charge < -0.3 is 10.1 Å². The van der Waals surface area contributed by atoms with E-state index in [4.69, 9.17) is 4.74 Å². The van der Waals surface area contributed by atoms with Gasteiger partial charge in [0, 0.05) is 29.8 Å². The molecule has 106 valence electrons. The van der Waals surface area contributed by atoms with Crippen molar-refractivity contribution in [1.82, 2.24) is 0 Å². The van der Waals surface area contributed by atoms with E-state index in [-0.39, 0.29) is 17.6 Å². The lowest BCUT2D eigenvalue weighted by molar-refractivity contribution is -0.109. The number of hydrogen-bond donors (Lipinski definition) is 1. The summed E-state index contributed by atoms with van der Waals surface area (Å²) in [5.74, 6) is -1.63. The fourth-order valence-corrected chi connectivity index (χ4v) is 2.76. The van der Waals surface area contributed by atoms with Gasteiger partial charge in [0.25, 0.3) is 0 Å². The van der Waals surface area contributed by atoms with Crippen molar-refractivity contribution in [3.8, 4) is 0 Å². The third kappa shape index (κ3) is 2.59. The number of ether oxygens (including phenoxy) is 1. The van der Waals surface area contributed by atoms with E-state index >= 15 is 0 Å². The molecule has 4 heteroatoms. The normalized spacial score (nSPS) is 29.9. The number of halogens is 2. The van der Waals surface area contributed by atoms with Crippen molar-refractivity contribution in [3.05, 3.63) is 29.8 Å². The summed E-state index contributed by atoms with van der Waals surface area (Å²) in [7, 11) is 0. The van der Waals surface area contributed by atoms with Crippen molar-refractivity contribution in [2.75, 3.05) is 11.9 Å². The molecule has 0 amide bonds. The van der Waals surface area contributed by atoms with Crippen LogP contribution in [0.1, 0.15) is 33.6 Å². The van der Waals surface area contributed by atoms with Gasteiger partial charge >= 0.3 is 0 Å². The van der Waals surface area contributed by atoms with Crippen LogP contribution in [0.25, 0.3) is 0 Å². The van der Waals surface area contributed by atoms with Gasteiger partial charge in [-0.1, -0.05) is 13.8 Å². The Bertz CT molecular complexity index is 452. The maximum absolute atomic E-state index is 13.2. The van der Waals surface area contributed by atoms with Crippen LogP contribution in [0.4, 0.5) is 14.5 Å². The molecule has 1 aliphatic carbocycles. The molecule has 1 aromatic rings. The molecule has 1 saturated carbocycles. The van der Waals surface area contributed by atoms with Crippen molar-refractivity contribution >= 4 is 5.69 Å². The molecule has 3 atom stereocenters. The van der Waals surface area contributed by atoms with Gasteiger partial charge in [0.1, 0.15) is 0 Å². The standard InChI is InChI=1S/C15H21F2NO/c1-4-15(3)13(9-14(15)19-5-2)18-10-6-7-11(16)12(17)8-10/h6-8,13-14,18H,4-5,9H2,1-3H3. The minimum atomic E-state index is -0.816. The predicted molar refractivity (Wildman–Crippen MR) is 72.2 cm³/mol. The molecule has 1 N–H and O–H groups in total. The Morgan fingerprint density at radius 3 is 2.63 bits per heavy atom. The van der Waals surface area contributed by atoms with E-state index < -0.39 is 11.6 Å². The molecule has 1 aromatic carbocycles. The van der Waals surface area contributed by atoms with Gasteiger partial charge in [-0.2, -0.15) is 0 Å². The zero-order valence-corrected chi connectivity index (χ0v) is 11.7. The third-order valence-electron chi connectivity index (χ3n) is 4.37. The van der Waals surface area contributed by atoms with Crippen molar-refractivity contribution in [2.45, 2.75) is 45.8 Å². The summed E-state index contributed by atoms with van der Waals surface area (Å²) in [4.78, 5) is 0. The zero-order valence-electron chi connectivity index (χ0n) is 11.7. The summed E-state index contributed by atoms with van der Waals surface area (Å²) in [6, 6.07) is 4.17. The van der Waals surface area contributed by atoms with Crippen LogP contribution in [0.5, 0.6) is 0 Å². The Morgan fingerprint density at radius 2 is 2.05 bits per heavy atom. The Balaban J connectivity index is 2.05. The highest BCUT2D eigenvalue weighted by Gasteiger charge is 2.51. The van der Waals surface area contributed by atoms with Crippen molar-refractivity contribution in [1.29, 1.82) is 0 Å². The first-order valence-electron chi connectivity index (χ1n) is 6.84. The Hall–Kier alpha value is -1.16. The van der Waals surface area contributed by atoms with Crippen LogP contribution >= 0.6 is 0 Å². The molecule has 0 heterocycles. The van der Waals surface area contributed by atoms with Crippen molar-refractivity contribution in [3.63, 3.8) is 0 Å². The first-order valence-corrected chi connectivity index (χ1v) is 6.84. The molecule has 1 fully saturated rings. The van der Waals surface area contributed by atoms with Crippen LogP contribution in [0, 0.1) is 17.0 Å². The molecule has 3 unspecified atom stereocenters. The number of anilines is 1. The molecule has 0 saturated heterocycles. The first-order chi connectivity index (χ1) is 9.01. The molecule has 1 aliphatic rings. The van der Waals surface area contributed by atoms with E-state index in [1.807, 2.05) is 6.92 Å². The minimum Gasteiger partial charge on any atom is -0.381 e. The van der Waals surface area contributed by atoms with Gasteiger partial charge in [0.2, 0.25) is 0 Å². The van der Waals surface area contributed by atoms with Gasteiger partial charge in [-0.15, -0.1) is 0 Å². The molecule has 0 spiro atoms. The second kappa shape index (κ2) is 5.45. The molecule has 2 rings (SSSR count). The highest BCUT2D eigenvalue weighted by molar-refractivity contribution is 5.46. The van der Waals surface area contributed by atoms with E-state index in [2.05, 4.69) is 19.2 Å². The van der Waals surface area contributed by atoms with Gasteiger partial charge in [-0.3, -0.25) is 0 Å². The molecule has 0 bridgehead atoms. The first kappa shape index (κ1) is 14.3. The molecule has 2 nitrogen and oxygen atoms in total. The second-order valence-corrected chi connectivity index (χ2v) is 5.36. The number of benzene rings is 1. The molecular formula is C15H21F2NO. The quantitative estimate of drug-likeness (QED) is 0.873.